The monoisotopic (exact) mass is 252 g/mol. The Kier molecular flexibility index (Phi) is 4.72. The van der Waals surface area contributed by atoms with Crippen LogP contribution >= 0.6 is 6.80 Å². The summed E-state index contributed by atoms with van der Waals surface area (Å²) in [4.78, 5) is 15.3. The van der Waals surface area contributed by atoms with Crippen molar-refractivity contribution in [2.24, 2.45) is 0 Å². The van der Waals surface area contributed by atoms with Crippen LogP contribution in [0.25, 0.3) is 0 Å². The third kappa shape index (κ3) is 4.36. The van der Waals surface area contributed by atoms with Crippen LogP contribution in [0.1, 0.15) is 0 Å². The molecule has 0 saturated heterocycles. The second-order valence-electron chi connectivity index (χ2n) is 0.938. The van der Waals surface area contributed by atoms with Crippen molar-refractivity contribution in [2.45, 2.75) is 0 Å². The van der Waals surface area contributed by atoms with E-state index in [-0.39, 0.29) is 26.2 Å². The average Bonchev–Trinajstić information content (AvgIpc) is 1.25. The van der Waals surface area contributed by atoms with Crippen molar-refractivity contribution in [1.29, 1.82) is 0 Å². The van der Waals surface area contributed by atoms with Crippen LogP contribution in [-0.2, 0) is 40.5 Å². The quantitative estimate of drug-likeness (QED) is 0.406. The minimum absolute atomic E-state index is 0. The Labute approximate surface area is 70.1 Å². The van der Waals surface area contributed by atoms with Crippen molar-refractivity contribution in [3.63, 3.8) is 0 Å². The molecule has 0 aliphatic rings. The summed E-state index contributed by atoms with van der Waals surface area (Å²) in [5.74, 6) is 0. The maximum absolute atomic E-state index is 9.51. The summed E-state index contributed by atoms with van der Waals surface area (Å²) in [6, 6.07) is 0. The zero-order chi connectivity index (χ0) is 7.00. The number of hydrogen-bond donors (Lipinski definition) is 3. The molecule has 0 amide bonds. The first-order valence-corrected chi connectivity index (χ1v) is 4.94. The van der Waals surface area contributed by atoms with Gasteiger partial charge in [-0.2, -0.15) is 8.42 Å². The van der Waals surface area contributed by atoms with Gasteiger partial charge in [0.25, 0.3) is 0 Å². The molecule has 0 heterocycles. The predicted octanol–water partition coefficient (Wildman–Crippen LogP) is -1.04. The Morgan fingerprint density at radius 1 is 1.22 bits per heavy atom. The largest absolute Gasteiger partial charge is 0.466 e. The van der Waals surface area contributed by atoms with Crippen LogP contribution in [0.2, 0.25) is 0 Å². The predicted molar refractivity (Wildman–Crippen MR) is 23.6 cm³/mol. The molecule has 6 nitrogen and oxygen atoms in total. The minimum atomic E-state index is -5.32. The molecule has 0 aromatic carbocycles. The third-order valence-electron chi connectivity index (χ3n) is 0.301. The average molecular weight is 253 g/mol. The van der Waals surface area contributed by atoms with E-state index in [2.05, 4.69) is 0 Å². The molecule has 0 radical (unpaired) electrons. The molecule has 0 bridgehead atoms. The van der Waals surface area contributed by atoms with Crippen molar-refractivity contribution < 1.29 is 53.5 Å². The second kappa shape index (κ2) is 3.37. The topological polar surface area (TPSA) is 112 Å². The van der Waals surface area contributed by atoms with Crippen LogP contribution in [0.15, 0.2) is 0 Å². The Bertz CT molecular complexity index is 207. The van der Waals surface area contributed by atoms with E-state index in [1.165, 1.54) is 0 Å². The SMILES string of the molecule is O=P(O)(O)S(=O)(=O)O.[Zr]. The fourth-order valence-electron chi connectivity index (χ4n) is 0. The minimum Gasteiger partial charge on any atom is -0.312 e. The molecule has 0 unspecified atom stereocenters. The third-order valence-corrected chi connectivity index (χ3v) is 2.70. The van der Waals surface area contributed by atoms with Gasteiger partial charge >= 0.3 is 16.5 Å². The van der Waals surface area contributed by atoms with Gasteiger partial charge in [-0.25, -0.2) is 4.57 Å². The van der Waals surface area contributed by atoms with Crippen molar-refractivity contribution in [1.82, 2.24) is 0 Å². The van der Waals surface area contributed by atoms with E-state index in [4.69, 9.17) is 14.3 Å². The van der Waals surface area contributed by atoms with Crippen LogP contribution in [0.5, 0.6) is 0 Å². The van der Waals surface area contributed by atoms with E-state index in [1.807, 2.05) is 0 Å². The van der Waals surface area contributed by atoms with Gasteiger partial charge in [-0.3, -0.25) is 4.55 Å². The molecule has 0 rings (SSSR count). The molecule has 0 spiro atoms. The molecular formula is H3O6PSZr. The normalized spacial score (nSPS) is 12.3. The Morgan fingerprint density at radius 3 is 1.33 bits per heavy atom. The number of rotatable bonds is 1. The van der Waals surface area contributed by atoms with E-state index in [0.717, 1.165) is 0 Å². The molecule has 0 aliphatic carbocycles. The van der Waals surface area contributed by atoms with Crippen LogP contribution < -0.4 is 0 Å². The van der Waals surface area contributed by atoms with Gasteiger partial charge in [0.15, 0.2) is 0 Å². The van der Waals surface area contributed by atoms with E-state index >= 15 is 0 Å². The molecule has 0 aliphatic heterocycles. The summed E-state index contributed by atoms with van der Waals surface area (Å²) in [5.41, 5.74) is 0. The maximum atomic E-state index is 9.51. The van der Waals surface area contributed by atoms with Gasteiger partial charge in [-0.1, -0.05) is 0 Å². The van der Waals surface area contributed by atoms with E-state index in [9.17, 15) is 13.0 Å². The van der Waals surface area contributed by atoms with Gasteiger partial charge < -0.3 is 9.79 Å². The second-order valence-corrected chi connectivity index (χ2v) is 5.63. The summed E-state index contributed by atoms with van der Waals surface area (Å²) < 4.78 is 36.0. The first kappa shape index (κ1) is 12.6. The standard InChI is InChI=1S/H3O6PS.Zr/c1-7(2,3)8(4,5)6;/h(H2,1,2,3)(H,4,5,6);. The van der Waals surface area contributed by atoms with Crippen molar-refractivity contribution in [2.75, 3.05) is 0 Å². The van der Waals surface area contributed by atoms with Crippen molar-refractivity contribution in [3.8, 4) is 0 Å². The fourth-order valence-corrected chi connectivity index (χ4v) is 0. The summed E-state index contributed by atoms with van der Waals surface area (Å²) in [7, 11) is -5.17. The van der Waals surface area contributed by atoms with Gasteiger partial charge in [0, 0.05) is 26.2 Å². The summed E-state index contributed by atoms with van der Waals surface area (Å²) >= 11 is 0. The van der Waals surface area contributed by atoms with E-state index < -0.39 is 16.5 Å². The molecule has 3 N–H and O–H groups in total. The zero-order valence-electron chi connectivity index (χ0n) is 3.92. The first-order valence-electron chi connectivity index (χ1n) is 1.28. The van der Waals surface area contributed by atoms with E-state index in [1.54, 1.807) is 0 Å². The van der Waals surface area contributed by atoms with Gasteiger partial charge in [0.1, 0.15) is 0 Å². The van der Waals surface area contributed by atoms with Gasteiger partial charge in [0.2, 0.25) is 0 Å². The summed E-state index contributed by atoms with van der Waals surface area (Å²) in [6.07, 6.45) is 0. The Hall–Kier alpha value is 0.943. The van der Waals surface area contributed by atoms with Crippen LogP contribution in [-0.4, -0.2) is 22.8 Å². The summed E-state index contributed by atoms with van der Waals surface area (Å²) in [6.45, 7) is -5.32. The van der Waals surface area contributed by atoms with Crippen LogP contribution in [0.3, 0.4) is 0 Å². The maximum Gasteiger partial charge on any atom is 0.466 e. The Morgan fingerprint density at radius 2 is 1.33 bits per heavy atom. The van der Waals surface area contributed by atoms with Crippen LogP contribution in [0.4, 0.5) is 0 Å². The van der Waals surface area contributed by atoms with Gasteiger partial charge in [-0.05, 0) is 0 Å². The van der Waals surface area contributed by atoms with Crippen molar-refractivity contribution >= 4 is 16.5 Å². The van der Waals surface area contributed by atoms with Crippen LogP contribution in [0, 0.1) is 0 Å². The van der Waals surface area contributed by atoms with E-state index in [0.29, 0.717) is 0 Å². The molecule has 0 fully saturated rings. The Balaban J connectivity index is 0. The molecule has 9 heteroatoms. The van der Waals surface area contributed by atoms with Gasteiger partial charge in [-0.15, -0.1) is 0 Å². The molecule has 9 heavy (non-hydrogen) atoms. The molecule has 0 aromatic rings. The number of hydrogen-bond acceptors (Lipinski definition) is 3. The molecule has 0 aromatic heterocycles. The first-order chi connectivity index (χ1) is 3.25. The summed E-state index contributed by atoms with van der Waals surface area (Å²) in [5, 5.41) is 0. The fraction of sp³-hybridized carbons (Fsp3) is 0. The zero-order valence-corrected chi connectivity index (χ0v) is 8.09. The van der Waals surface area contributed by atoms with Gasteiger partial charge in [0.05, 0.1) is 0 Å². The van der Waals surface area contributed by atoms with Crippen molar-refractivity contribution in [3.05, 3.63) is 0 Å². The molecule has 0 saturated carbocycles. The molecule has 0 atom stereocenters. The molecule has 54 valence electrons. The molecular weight excluding hydrogens is 250 g/mol. The smallest absolute Gasteiger partial charge is 0.312 e.